The van der Waals surface area contributed by atoms with E-state index in [2.05, 4.69) is 33.0 Å². The van der Waals surface area contributed by atoms with Crippen molar-refractivity contribution in [3.8, 4) is 5.75 Å². The van der Waals surface area contributed by atoms with Crippen molar-refractivity contribution < 1.29 is 9.53 Å². The van der Waals surface area contributed by atoms with Crippen molar-refractivity contribution in [3.63, 3.8) is 0 Å². The van der Waals surface area contributed by atoms with Crippen LogP contribution in [0.5, 0.6) is 5.75 Å². The maximum absolute atomic E-state index is 12.4. The second kappa shape index (κ2) is 8.21. The van der Waals surface area contributed by atoms with Gasteiger partial charge in [-0.3, -0.25) is 4.79 Å². The molecule has 3 rings (SSSR count). The fourth-order valence-corrected chi connectivity index (χ4v) is 3.28. The summed E-state index contributed by atoms with van der Waals surface area (Å²) < 4.78 is 6.20. The summed E-state index contributed by atoms with van der Waals surface area (Å²) in [5.41, 5.74) is 2.18. The number of ether oxygens (including phenoxy) is 1. The largest absolute Gasteiger partial charge is 0.497 e. The monoisotopic (exact) mass is 400 g/mol. The Morgan fingerprint density at radius 3 is 2.44 bits per heavy atom. The van der Waals surface area contributed by atoms with Crippen molar-refractivity contribution >= 4 is 33.6 Å². The molecule has 1 heterocycles. The van der Waals surface area contributed by atoms with Gasteiger partial charge in [-0.25, -0.2) is 0 Å². The fourth-order valence-electron chi connectivity index (χ4n) is 2.86. The van der Waals surface area contributed by atoms with Crippen LogP contribution in [0.4, 0.5) is 5.69 Å². The third-order valence-electron chi connectivity index (χ3n) is 4.30. The maximum atomic E-state index is 12.4. The van der Waals surface area contributed by atoms with E-state index in [1.54, 1.807) is 13.2 Å². The van der Waals surface area contributed by atoms with E-state index in [0.29, 0.717) is 0 Å². The Morgan fingerprint density at radius 2 is 1.80 bits per heavy atom. The molecule has 0 N–H and O–H groups in total. The van der Waals surface area contributed by atoms with E-state index < -0.39 is 0 Å². The van der Waals surface area contributed by atoms with Gasteiger partial charge >= 0.3 is 0 Å². The zero-order valence-electron chi connectivity index (χ0n) is 14.2. The molecule has 1 saturated heterocycles. The number of halogens is 1. The molecule has 0 saturated carbocycles. The molecule has 0 bridgehead atoms. The van der Waals surface area contributed by atoms with Crippen molar-refractivity contribution in [2.24, 2.45) is 0 Å². The average molecular weight is 401 g/mol. The molecule has 0 unspecified atom stereocenters. The standard InChI is InChI=1S/C20H21BrN2O2/c1-25-19-8-6-18(7-9-19)22-11-13-23(14-12-22)20(24)10-5-16-3-2-4-17(21)15-16/h2-10,15H,11-14H2,1H3/b10-5+. The Labute approximate surface area is 156 Å². The first kappa shape index (κ1) is 17.5. The molecule has 2 aromatic rings. The Kier molecular flexibility index (Phi) is 5.76. The number of hydrogen-bond acceptors (Lipinski definition) is 3. The number of amides is 1. The van der Waals surface area contributed by atoms with Gasteiger partial charge in [0.1, 0.15) is 5.75 Å². The summed E-state index contributed by atoms with van der Waals surface area (Å²) in [6.07, 6.45) is 3.52. The molecule has 25 heavy (non-hydrogen) atoms. The van der Waals surface area contributed by atoms with Crippen LogP contribution in [0.15, 0.2) is 59.1 Å². The molecule has 130 valence electrons. The molecule has 1 aliphatic heterocycles. The van der Waals surface area contributed by atoms with E-state index in [4.69, 9.17) is 4.74 Å². The highest BCUT2D eigenvalue weighted by atomic mass is 79.9. The van der Waals surface area contributed by atoms with E-state index in [9.17, 15) is 4.79 Å². The van der Waals surface area contributed by atoms with Crippen molar-refractivity contribution in [3.05, 3.63) is 64.6 Å². The Morgan fingerprint density at radius 1 is 1.08 bits per heavy atom. The molecular formula is C20H21BrN2O2. The Balaban J connectivity index is 1.55. The second-order valence-corrected chi connectivity index (χ2v) is 6.81. The SMILES string of the molecule is COc1ccc(N2CCN(C(=O)/C=C/c3cccc(Br)c3)CC2)cc1. The third kappa shape index (κ3) is 4.63. The summed E-state index contributed by atoms with van der Waals surface area (Å²) in [4.78, 5) is 16.6. The van der Waals surface area contributed by atoms with Gasteiger partial charge in [0, 0.05) is 42.4 Å². The van der Waals surface area contributed by atoms with Crippen LogP contribution < -0.4 is 9.64 Å². The van der Waals surface area contributed by atoms with Crippen LogP contribution >= 0.6 is 15.9 Å². The molecule has 1 fully saturated rings. The van der Waals surface area contributed by atoms with E-state index >= 15 is 0 Å². The van der Waals surface area contributed by atoms with Crippen LogP contribution in [0.1, 0.15) is 5.56 Å². The summed E-state index contributed by atoms with van der Waals surface area (Å²) in [5.74, 6) is 0.921. The first-order valence-corrected chi connectivity index (χ1v) is 9.06. The molecule has 4 nitrogen and oxygen atoms in total. The number of methoxy groups -OCH3 is 1. The lowest BCUT2D eigenvalue weighted by molar-refractivity contribution is -0.126. The lowest BCUT2D eigenvalue weighted by Gasteiger charge is -2.35. The number of carbonyl (C=O) groups excluding carboxylic acids is 1. The number of benzene rings is 2. The number of carbonyl (C=O) groups is 1. The van der Waals surface area contributed by atoms with Crippen LogP contribution in [0.25, 0.3) is 6.08 Å². The summed E-state index contributed by atoms with van der Waals surface area (Å²) in [7, 11) is 1.67. The van der Waals surface area contributed by atoms with Crippen molar-refractivity contribution in [1.82, 2.24) is 4.90 Å². The summed E-state index contributed by atoms with van der Waals surface area (Å²) in [5, 5.41) is 0. The quantitative estimate of drug-likeness (QED) is 0.731. The van der Waals surface area contributed by atoms with E-state index in [0.717, 1.165) is 47.7 Å². The van der Waals surface area contributed by atoms with Gasteiger partial charge in [-0.2, -0.15) is 0 Å². The van der Waals surface area contributed by atoms with Gasteiger partial charge in [-0.1, -0.05) is 28.1 Å². The highest BCUT2D eigenvalue weighted by molar-refractivity contribution is 9.10. The summed E-state index contributed by atoms with van der Waals surface area (Å²) in [6.45, 7) is 3.13. The van der Waals surface area contributed by atoms with Gasteiger partial charge in [0.05, 0.1) is 7.11 Å². The normalized spacial score (nSPS) is 14.8. The molecule has 0 atom stereocenters. The van der Waals surface area contributed by atoms with E-state index in [1.807, 2.05) is 47.4 Å². The zero-order valence-corrected chi connectivity index (χ0v) is 15.8. The molecule has 2 aromatic carbocycles. The average Bonchev–Trinajstić information content (AvgIpc) is 2.66. The lowest BCUT2D eigenvalue weighted by atomic mass is 10.2. The lowest BCUT2D eigenvalue weighted by Crippen LogP contribution is -2.48. The molecular weight excluding hydrogens is 380 g/mol. The predicted octanol–water partition coefficient (Wildman–Crippen LogP) is 3.82. The van der Waals surface area contributed by atoms with Crippen LogP contribution in [0.3, 0.4) is 0 Å². The Hall–Kier alpha value is -2.27. The number of nitrogens with zero attached hydrogens (tertiary/aromatic N) is 2. The van der Waals surface area contributed by atoms with Crippen molar-refractivity contribution in [2.75, 3.05) is 38.2 Å². The van der Waals surface area contributed by atoms with Crippen molar-refractivity contribution in [2.45, 2.75) is 0 Å². The molecule has 1 aliphatic rings. The molecule has 0 radical (unpaired) electrons. The van der Waals surface area contributed by atoms with Gasteiger partial charge < -0.3 is 14.5 Å². The zero-order chi connectivity index (χ0) is 17.6. The number of hydrogen-bond donors (Lipinski definition) is 0. The predicted molar refractivity (Wildman–Crippen MR) is 105 cm³/mol. The van der Waals surface area contributed by atoms with Crippen LogP contribution in [0, 0.1) is 0 Å². The highest BCUT2D eigenvalue weighted by Gasteiger charge is 2.19. The van der Waals surface area contributed by atoms with Crippen molar-refractivity contribution in [1.29, 1.82) is 0 Å². The second-order valence-electron chi connectivity index (χ2n) is 5.90. The molecule has 0 aromatic heterocycles. The van der Waals surface area contributed by atoms with Gasteiger partial charge in [0.25, 0.3) is 0 Å². The number of rotatable bonds is 4. The maximum Gasteiger partial charge on any atom is 0.246 e. The molecule has 0 spiro atoms. The van der Waals surface area contributed by atoms with Crippen LogP contribution in [-0.4, -0.2) is 44.1 Å². The Bertz CT molecular complexity index is 751. The van der Waals surface area contributed by atoms with Gasteiger partial charge in [-0.05, 0) is 48.0 Å². The molecule has 5 heteroatoms. The first-order valence-electron chi connectivity index (χ1n) is 8.27. The number of piperazine rings is 1. The number of anilines is 1. The topological polar surface area (TPSA) is 32.8 Å². The third-order valence-corrected chi connectivity index (χ3v) is 4.79. The van der Waals surface area contributed by atoms with Gasteiger partial charge in [-0.15, -0.1) is 0 Å². The summed E-state index contributed by atoms with van der Waals surface area (Å²) >= 11 is 3.44. The molecule has 0 aliphatic carbocycles. The molecule has 1 amide bonds. The van der Waals surface area contributed by atoms with Crippen LogP contribution in [-0.2, 0) is 4.79 Å². The van der Waals surface area contributed by atoms with E-state index in [1.165, 1.54) is 0 Å². The van der Waals surface area contributed by atoms with Crippen LogP contribution in [0.2, 0.25) is 0 Å². The van der Waals surface area contributed by atoms with E-state index in [-0.39, 0.29) is 5.91 Å². The summed E-state index contributed by atoms with van der Waals surface area (Å²) in [6, 6.07) is 16.0. The van der Waals surface area contributed by atoms with Gasteiger partial charge in [0.15, 0.2) is 0 Å². The highest BCUT2D eigenvalue weighted by Crippen LogP contribution is 2.20. The minimum absolute atomic E-state index is 0.0642. The minimum atomic E-state index is 0.0642. The minimum Gasteiger partial charge on any atom is -0.497 e. The fraction of sp³-hybridized carbons (Fsp3) is 0.250. The van der Waals surface area contributed by atoms with Gasteiger partial charge in [0.2, 0.25) is 5.91 Å². The smallest absolute Gasteiger partial charge is 0.246 e. The first-order chi connectivity index (χ1) is 12.2.